The fourth-order valence-corrected chi connectivity index (χ4v) is 4.45. The zero-order valence-electron chi connectivity index (χ0n) is 14.9. The average molecular weight is 346 g/mol. The molecular formula is C19H26N2O2S. The molecule has 3 rings (SSSR count). The van der Waals surface area contributed by atoms with E-state index in [1.54, 1.807) is 25.6 Å². The van der Waals surface area contributed by atoms with Crippen molar-refractivity contribution in [3.8, 4) is 22.8 Å². The van der Waals surface area contributed by atoms with E-state index < -0.39 is 0 Å². The number of thiazole rings is 1. The Hall–Kier alpha value is -1.59. The van der Waals surface area contributed by atoms with Crippen molar-refractivity contribution in [2.24, 2.45) is 5.92 Å². The molecule has 1 aromatic carbocycles. The molecule has 4 nitrogen and oxygen atoms in total. The molecule has 0 saturated carbocycles. The number of hydrogen-bond acceptors (Lipinski definition) is 5. The minimum Gasteiger partial charge on any atom is -0.493 e. The predicted molar refractivity (Wildman–Crippen MR) is 99.3 cm³/mol. The van der Waals surface area contributed by atoms with Crippen molar-refractivity contribution in [3.05, 3.63) is 28.6 Å². The van der Waals surface area contributed by atoms with Crippen molar-refractivity contribution in [2.75, 3.05) is 27.3 Å². The maximum Gasteiger partial charge on any atom is 0.161 e. The third-order valence-electron chi connectivity index (χ3n) is 5.09. The van der Waals surface area contributed by atoms with Crippen LogP contribution in [0, 0.1) is 5.92 Å². The van der Waals surface area contributed by atoms with Crippen LogP contribution in [0.5, 0.6) is 11.5 Å². The number of hydrogen-bond donors (Lipinski definition) is 1. The van der Waals surface area contributed by atoms with Gasteiger partial charge in [0.2, 0.25) is 0 Å². The number of nitrogens with one attached hydrogen (secondary N) is 1. The van der Waals surface area contributed by atoms with Gasteiger partial charge < -0.3 is 14.8 Å². The molecule has 130 valence electrons. The van der Waals surface area contributed by atoms with E-state index in [4.69, 9.17) is 14.5 Å². The SMILES string of the molecule is COc1ccc(-c2csc(C(C)(C)C3CCNCC3)n2)cc1OC. The van der Waals surface area contributed by atoms with Crippen molar-refractivity contribution in [1.29, 1.82) is 0 Å². The van der Waals surface area contributed by atoms with Crippen LogP contribution in [0.1, 0.15) is 31.7 Å². The van der Waals surface area contributed by atoms with E-state index in [2.05, 4.69) is 24.5 Å². The lowest BCUT2D eigenvalue weighted by Gasteiger charge is -2.35. The van der Waals surface area contributed by atoms with E-state index in [0.717, 1.165) is 35.8 Å². The molecule has 5 heteroatoms. The maximum atomic E-state index is 5.41. The molecule has 2 aromatic rings. The summed E-state index contributed by atoms with van der Waals surface area (Å²) in [6.07, 6.45) is 2.44. The van der Waals surface area contributed by atoms with Gasteiger partial charge in [-0.2, -0.15) is 0 Å². The lowest BCUT2D eigenvalue weighted by molar-refractivity contribution is 0.246. The Labute approximate surface area is 148 Å². The Kier molecular flexibility index (Phi) is 5.11. The fourth-order valence-electron chi connectivity index (χ4n) is 3.42. The summed E-state index contributed by atoms with van der Waals surface area (Å²) in [5.41, 5.74) is 2.19. The van der Waals surface area contributed by atoms with Crippen LogP contribution in [0.3, 0.4) is 0 Å². The minimum atomic E-state index is 0.113. The summed E-state index contributed by atoms with van der Waals surface area (Å²) in [5, 5.41) is 6.82. The van der Waals surface area contributed by atoms with Gasteiger partial charge in [-0.05, 0) is 50.0 Å². The Morgan fingerprint density at radius 3 is 2.50 bits per heavy atom. The van der Waals surface area contributed by atoms with E-state index in [1.807, 2.05) is 18.2 Å². The highest BCUT2D eigenvalue weighted by Crippen LogP contribution is 2.40. The van der Waals surface area contributed by atoms with Crippen LogP contribution in [0.2, 0.25) is 0 Å². The number of piperidine rings is 1. The summed E-state index contributed by atoms with van der Waals surface area (Å²) >= 11 is 1.76. The van der Waals surface area contributed by atoms with Gasteiger partial charge in [-0.25, -0.2) is 4.98 Å². The minimum absolute atomic E-state index is 0.113. The molecule has 0 atom stereocenters. The van der Waals surface area contributed by atoms with E-state index in [0.29, 0.717) is 5.92 Å². The summed E-state index contributed by atoms with van der Waals surface area (Å²) < 4.78 is 10.7. The van der Waals surface area contributed by atoms with Crippen LogP contribution in [0.25, 0.3) is 11.3 Å². The van der Waals surface area contributed by atoms with Gasteiger partial charge in [-0.15, -0.1) is 11.3 Å². The molecule has 1 aliphatic rings. The molecule has 0 radical (unpaired) electrons. The van der Waals surface area contributed by atoms with Crippen molar-refractivity contribution in [3.63, 3.8) is 0 Å². The van der Waals surface area contributed by atoms with Gasteiger partial charge in [0.15, 0.2) is 11.5 Å². The van der Waals surface area contributed by atoms with Crippen LogP contribution < -0.4 is 14.8 Å². The van der Waals surface area contributed by atoms with Crippen molar-refractivity contribution in [2.45, 2.75) is 32.1 Å². The normalized spacial score (nSPS) is 16.2. The monoisotopic (exact) mass is 346 g/mol. The molecule has 0 amide bonds. The van der Waals surface area contributed by atoms with Crippen molar-refractivity contribution < 1.29 is 9.47 Å². The van der Waals surface area contributed by atoms with Crippen LogP contribution in [-0.2, 0) is 5.41 Å². The first-order chi connectivity index (χ1) is 11.6. The van der Waals surface area contributed by atoms with Gasteiger partial charge in [-0.1, -0.05) is 13.8 Å². The van der Waals surface area contributed by atoms with Crippen LogP contribution in [0.15, 0.2) is 23.6 Å². The van der Waals surface area contributed by atoms with Gasteiger partial charge in [0.1, 0.15) is 0 Å². The lowest BCUT2D eigenvalue weighted by Crippen LogP contribution is -2.38. The number of aromatic nitrogens is 1. The molecule has 2 heterocycles. The highest BCUT2D eigenvalue weighted by molar-refractivity contribution is 7.10. The molecule has 24 heavy (non-hydrogen) atoms. The third-order valence-corrected chi connectivity index (χ3v) is 6.28. The van der Waals surface area contributed by atoms with Gasteiger partial charge in [-0.3, -0.25) is 0 Å². The zero-order valence-corrected chi connectivity index (χ0v) is 15.7. The second-order valence-corrected chi connectivity index (χ2v) is 7.71. The second-order valence-electron chi connectivity index (χ2n) is 6.85. The number of benzene rings is 1. The summed E-state index contributed by atoms with van der Waals surface area (Å²) in [7, 11) is 3.31. The van der Waals surface area contributed by atoms with Crippen LogP contribution in [0.4, 0.5) is 0 Å². The maximum absolute atomic E-state index is 5.41. The number of rotatable bonds is 5. The smallest absolute Gasteiger partial charge is 0.161 e. The van der Waals surface area contributed by atoms with Gasteiger partial charge in [0.25, 0.3) is 0 Å². The Morgan fingerprint density at radius 1 is 1.12 bits per heavy atom. The molecule has 1 aliphatic heterocycles. The first-order valence-corrected chi connectivity index (χ1v) is 9.33. The van der Waals surface area contributed by atoms with E-state index in [-0.39, 0.29) is 5.41 Å². The van der Waals surface area contributed by atoms with E-state index >= 15 is 0 Å². The van der Waals surface area contributed by atoms with Crippen molar-refractivity contribution >= 4 is 11.3 Å². The quantitative estimate of drug-likeness (QED) is 0.885. The third kappa shape index (κ3) is 3.28. The number of methoxy groups -OCH3 is 2. The predicted octanol–water partition coefficient (Wildman–Crippen LogP) is 4.10. The Morgan fingerprint density at radius 2 is 1.83 bits per heavy atom. The van der Waals surface area contributed by atoms with Crippen molar-refractivity contribution in [1.82, 2.24) is 10.3 Å². The molecule has 1 saturated heterocycles. The molecule has 0 aliphatic carbocycles. The molecule has 0 bridgehead atoms. The second kappa shape index (κ2) is 7.11. The molecule has 0 spiro atoms. The van der Waals surface area contributed by atoms with Gasteiger partial charge >= 0.3 is 0 Å². The first kappa shape index (κ1) is 17.2. The van der Waals surface area contributed by atoms with Crippen LogP contribution >= 0.6 is 11.3 Å². The fraction of sp³-hybridized carbons (Fsp3) is 0.526. The summed E-state index contributed by atoms with van der Waals surface area (Å²) in [4.78, 5) is 4.96. The summed E-state index contributed by atoms with van der Waals surface area (Å²) in [6.45, 7) is 6.89. The topological polar surface area (TPSA) is 43.4 Å². The average Bonchev–Trinajstić information content (AvgIpc) is 3.13. The Bertz CT molecular complexity index is 690. The lowest BCUT2D eigenvalue weighted by atomic mass is 9.74. The molecule has 1 fully saturated rings. The molecule has 0 unspecified atom stereocenters. The van der Waals surface area contributed by atoms with Crippen LogP contribution in [-0.4, -0.2) is 32.3 Å². The summed E-state index contributed by atoms with van der Waals surface area (Å²) in [5.74, 6) is 2.16. The van der Waals surface area contributed by atoms with Gasteiger partial charge in [0, 0.05) is 16.4 Å². The molecule has 1 aromatic heterocycles. The van der Waals surface area contributed by atoms with Gasteiger partial charge in [0.05, 0.1) is 24.9 Å². The highest BCUT2D eigenvalue weighted by Gasteiger charge is 2.34. The van der Waals surface area contributed by atoms with E-state index in [9.17, 15) is 0 Å². The highest BCUT2D eigenvalue weighted by atomic mass is 32.1. The zero-order chi connectivity index (χ0) is 17.2. The summed E-state index contributed by atoms with van der Waals surface area (Å²) in [6, 6.07) is 5.97. The first-order valence-electron chi connectivity index (χ1n) is 8.45. The Balaban J connectivity index is 1.87. The molecular weight excluding hydrogens is 320 g/mol. The standard InChI is InChI=1S/C19H26N2O2S/c1-19(2,14-7-9-20-10-8-14)18-21-15(12-24-18)13-5-6-16(22-3)17(11-13)23-4/h5-6,11-12,14,20H,7-10H2,1-4H3. The molecule has 1 N–H and O–H groups in total. The number of nitrogens with zero attached hydrogens (tertiary/aromatic N) is 1. The number of ether oxygens (including phenoxy) is 2. The largest absolute Gasteiger partial charge is 0.493 e. The van der Waals surface area contributed by atoms with E-state index in [1.165, 1.54) is 17.8 Å².